The number of carbonyl (C=O) groups excluding carboxylic acids is 1. The average molecular weight is 284 g/mol. The summed E-state index contributed by atoms with van der Waals surface area (Å²) in [5.41, 5.74) is 6.44. The van der Waals surface area contributed by atoms with Gasteiger partial charge in [-0.1, -0.05) is 0 Å². The Hall–Kier alpha value is -1.27. The molecule has 0 aromatic carbocycles. The SMILES string of the molecule is COc1c(N2CC(C)OC(C)C2)sc(C(C)=O)c1N. The zero-order valence-corrected chi connectivity index (χ0v) is 12.5. The monoisotopic (exact) mass is 284 g/mol. The predicted molar refractivity (Wildman–Crippen MR) is 77.5 cm³/mol. The van der Waals surface area contributed by atoms with E-state index >= 15 is 0 Å². The maximum absolute atomic E-state index is 11.6. The van der Waals surface area contributed by atoms with Crippen molar-refractivity contribution in [3.8, 4) is 5.75 Å². The molecule has 6 heteroatoms. The van der Waals surface area contributed by atoms with E-state index in [2.05, 4.69) is 4.90 Å². The summed E-state index contributed by atoms with van der Waals surface area (Å²) in [4.78, 5) is 14.3. The summed E-state index contributed by atoms with van der Waals surface area (Å²) in [5.74, 6) is 0.581. The van der Waals surface area contributed by atoms with Crippen molar-refractivity contribution in [1.82, 2.24) is 0 Å². The van der Waals surface area contributed by atoms with Crippen LogP contribution >= 0.6 is 11.3 Å². The van der Waals surface area contributed by atoms with Gasteiger partial charge >= 0.3 is 0 Å². The number of rotatable bonds is 3. The van der Waals surface area contributed by atoms with Crippen molar-refractivity contribution in [2.24, 2.45) is 0 Å². The molecule has 1 saturated heterocycles. The van der Waals surface area contributed by atoms with Crippen LogP contribution < -0.4 is 15.4 Å². The number of methoxy groups -OCH3 is 1. The molecule has 2 atom stereocenters. The van der Waals surface area contributed by atoms with Gasteiger partial charge in [0.2, 0.25) is 0 Å². The lowest BCUT2D eigenvalue weighted by molar-refractivity contribution is -0.00510. The Morgan fingerprint density at radius 3 is 2.47 bits per heavy atom. The highest BCUT2D eigenvalue weighted by atomic mass is 32.1. The third kappa shape index (κ3) is 2.69. The van der Waals surface area contributed by atoms with E-state index in [1.54, 1.807) is 7.11 Å². The van der Waals surface area contributed by atoms with Gasteiger partial charge in [-0.2, -0.15) is 0 Å². The molecule has 1 aromatic rings. The Bertz CT molecular complexity index is 476. The Kier molecular flexibility index (Phi) is 4.01. The third-order valence-electron chi connectivity index (χ3n) is 3.11. The van der Waals surface area contributed by atoms with Crippen LogP contribution in [0, 0.1) is 0 Å². The van der Waals surface area contributed by atoms with Crippen LogP contribution in [0.5, 0.6) is 5.75 Å². The first-order chi connectivity index (χ1) is 8.93. The second-order valence-corrected chi connectivity index (χ2v) is 5.90. The van der Waals surface area contributed by atoms with E-state index in [0.29, 0.717) is 16.3 Å². The van der Waals surface area contributed by atoms with E-state index < -0.39 is 0 Å². The molecule has 0 amide bonds. The predicted octanol–water partition coefficient (Wildman–Crippen LogP) is 2.16. The van der Waals surface area contributed by atoms with E-state index in [-0.39, 0.29) is 18.0 Å². The van der Waals surface area contributed by atoms with Crippen LogP contribution in [0.3, 0.4) is 0 Å². The van der Waals surface area contributed by atoms with E-state index in [1.165, 1.54) is 18.3 Å². The largest absolute Gasteiger partial charge is 0.492 e. The normalized spacial score (nSPS) is 23.5. The topological polar surface area (TPSA) is 64.8 Å². The lowest BCUT2D eigenvalue weighted by Crippen LogP contribution is -2.45. The minimum atomic E-state index is -0.0265. The van der Waals surface area contributed by atoms with Gasteiger partial charge in [-0.3, -0.25) is 4.79 Å². The summed E-state index contributed by atoms with van der Waals surface area (Å²) in [6.07, 6.45) is 0.301. The van der Waals surface area contributed by atoms with Crippen LogP contribution in [-0.4, -0.2) is 38.2 Å². The molecular weight excluding hydrogens is 264 g/mol. The van der Waals surface area contributed by atoms with Crippen molar-refractivity contribution >= 4 is 27.8 Å². The zero-order valence-electron chi connectivity index (χ0n) is 11.7. The summed E-state index contributed by atoms with van der Waals surface area (Å²) in [6, 6.07) is 0. The second-order valence-electron chi connectivity index (χ2n) is 4.90. The fourth-order valence-corrected chi connectivity index (χ4v) is 3.53. The quantitative estimate of drug-likeness (QED) is 0.862. The average Bonchev–Trinajstić information content (AvgIpc) is 2.65. The van der Waals surface area contributed by atoms with Gasteiger partial charge in [0.25, 0.3) is 0 Å². The number of ketones is 1. The number of Topliss-reactive ketones (excluding diaryl/α,β-unsaturated/α-hetero) is 1. The summed E-state index contributed by atoms with van der Waals surface area (Å²) in [7, 11) is 1.58. The van der Waals surface area contributed by atoms with Crippen LogP contribution in [0.2, 0.25) is 0 Å². The molecule has 1 aliphatic heterocycles. The number of morpholine rings is 1. The van der Waals surface area contributed by atoms with Gasteiger partial charge in [-0.05, 0) is 13.8 Å². The molecule has 0 aliphatic carbocycles. The Morgan fingerprint density at radius 2 is 2.00 bits per heavy atom. The second kappa shape index (κ2) is 5.38. The molecule has 0 bridgehead atoms. The maximum atomic E-state index is 11.6. The van der Waals surface area contributed by atoms with Gasteiger partial charge in [0.15, 0.2) is 11.5 Å². The Balaban J connectivity index is 2.38. The first-order valence-electron chi connectivity index (χ1n) is 6.31. The highest BCUT2D eigenvalue weighted by molar-refractivity contribution is 7.19. The number of hydrogen-bond donors (Lipinski definition) is 1. The molecule has 2 unspecified atom stereocenters. The minimum Gasteiger partial charge on any atom is -0.492 e. The third-order valence-corrected chi connectivity index (χ3v) is 4.46. The summed E-state index contributed by atoms with van der Waals surface area (Å²) >= 11 is 1.40. The summed E-state index contributed by atoms with van der Waals surface area (Å²) in [6.45, 7) is 7.15. The lowest BCUT2D eigenvalue weighted by Gasteiger charge is -2.36. The summed E-state index contributed by atoms with van der Waals surface area (Å²) < 4.78 is 11.1. The van der Waals surface area contributed by atoms with Crippen molar-refractivity contribution in [1.29, 1.82) is 0 Å². The molecule has 1 aromatic heterocycles. The molecule has 1 fully saturated rings. The number of nitrogen functional groups attached to an aromatic ring is 1. The van der Waals surface area contributed by atoms with E-state index in [1.807, 2.05) is 13.8 Å². The van der Waals surface area contributed by atoms with Crippen molar-refractivity contribution in [3.63, 3.8) is 0 Å². The van der Waals surface area contributed by atoms with E-state index in [0.717, 1.165) is 18.1 Å². The number of anilines is 2. The Morgan fingerprint density at radius 1 is 1.42 bits per heavy atom. The highest BCUT2D eigenvalue weighted by Gasteiger charge is 2.29. The number of nitrogens with zero attached hydrogens (tertiary/aromatic N) is 1. The smallest absolute Gasteiger partial charge is 0.177 e. The first-order valence-corrected chi connectivity index (χ1v) is 7.13. The number of nitrogens with two attached hydrogens (primary N) is 1. The maximum Gasteiger partial charge on any atom is 0.177 e. The zero-order chi connectivity index (χ0) is 14.2. The minimum absolute atomic E-state index is 0.0265. The van der Waals surface area contributed by atoms with Gasteiger partial charge in [-0.25, -0.2) is 0 Å². The molecule has 0 saturated carbocycles. The van der Waals surface area contributed by atoms with Crippen LogP contribution in [0.1, 0.15) is 30.4 Å². The summed E-state index contributed by atoms with van der Waals surface area (Å²) in [5, 5.41) is 0.923. The molecule has 5 nitrogen and oxygen atoms in total. The molecule has 2 N–H and O–H groups in total. The molecule has 106 valence electrons. The van der Waals surface area contributed by atoms with Gasteiger partial charge in [0.1, 0.15) is 5.00 Å². The number of ether oxygens (including phenoxy) is 2. The Labute approximate surface area is 117 Å². The first kappa shape index (κ1) is 14.1. The van der Waals surface area contributed by atoms with Crippen LogP contribution in [-0.2, 0) is 4.74 Å². The standard InChI is InChI=1S/C13H20N2O3S/c1-7-5-15(6-8(2)18-7)13-11(17-4)10(14)12(19-13)9(3)16/h7-8H,5-6,14H2,1-4H3. The van der Waals surface area contributed by atoms with Crippen molar-refractivity contribution in [2.45, 2.75) is 33.0 Å². The van der Waals surface area contributed by atoms with Gasteiger partial charge < -0.3 is 20.1 Å². The molecule has 2 rings (SSSR count). The molecule has 0 radical (unpaired) electrons. The molecule has 2 heterocycles. The molecule has 0 spiro atoms. The molecule has 1 aliphatic rings. The molecular formula is C13H20N2O3S. The van der Waals surface area contributed by atoms with Crippen LogP contribution in [0.4, 0.5) is 10.7 Å². The highest BCUT2D eigenvalue weighted by Crippen LogP contribution is 2.45. The number of thiophene rings is 1. The lowest BCUT2D eigenvalue weighted by atomic mass is 10.2. The van der Waals surface area contributed by atoms with Crippen LogP contribution in [0.15, 0.2) is 0 Å². The number of carbonyl (C=O) groups is 1. The number of hydrogen-bond acceptors (Lipinski definition) is 6. The van der Waals surface area contributed by atoms with Gasteiger partial charge in [0, 0.05) is 20.0 Å². The fraction of sp³-hybridized carbons (Fsp3) is 0.615. The fourth-order valence-electron chi connectivity index (χ4n) is 2.43. The van der Waals surface area contributed by atoms with Crippen molar-refractivity contribution in [3.05, 3.63) is 4.88 Å². The van der Waals surface area contributed by atoms with Crippen LogP contribution in [0.25, 0.3) is 0 Å². The van der Waals surface area contributed by atoms with Gasteiger partial charge in [-0.15, -0.1) is 11.3 Å². The molecule has 19 heavy (non-hydrogen) atoms. The van der Waals surface area contributed by atoms with E-state index in [9.17, 15) is 4.79 Å². The van der Waals surface area contributed by atoms with Gasteiger partial charge in [0.05, 0.1) is 29.9 Å². The van der Waals surface area contributed by atoms with E-state index in [4.69, 9.17) is 15.2 Å². The van der Waals surface area contributed by atoms with Crippen molar-refractivity contribution < 1.29 is 14.3 Å². The van der Waals surface area contributed by atoms with Crippen molar-refractivity contribution in [2.75, 3.05) is 30.8 Å².